The molecule has 0 radical (unpaired) electrons. The number of nitrogens with two attached hydrogens (primary N) is 1. The Kier molecular flexibility index (Phi) is 6.32. The van der Waals surface area contributed by atoms with Gasteiger partial charge in [0.15, 0.2) is 0 Å². The number of amides is 1. The van der Waals surface area contributed by atoms with Gasteiger partial charge in [-0.15, -0.1) is 11.3 Å². The molecule has 5 rings (SSSR count). The third kappa shape index (κ3) is 4.30. The highest BCUT2D eigenvalue weighted by molar-refractivity contribution is 7.17. The Morgan fingerprint density at radius 2 is 2.18 bits per heavy atom. The van der Waals surface area contributed by atoms with Crippen LogP contribution in [-0.4, -0.2) is 54.3 Å². The molecule has 1 aromatic carbocycles. The van der Waals surface area contributed by atoms with E-state index < -0.39 is 0 Å². The van der Waals surface area contributed by atoms with E-state index in [0.717, 1.165) is 24.9 Å². The maximum Gasteiger partial charge on any atom is 0.273 e. The number of ether oxygens (including phenoxy) is 1. The molecule has 1 amide bonds. The number of carbonyl (C=O) groups excluding carboxylic acids is 1. The van der Waals surface area contributed by atoms with Crippen LogP contribution in [0.5, 0.6) is 0 Å². The zero-order chi connectivity index (χ0) is 23.7. The zero-order valence-electron chi connectivity index (χ0n) is 18.7. The van der Waals surface area contributed by atoms with Crippen LogP contribution >= 0.6 is 11.3 Å². The van der Waals surface area contributed by atoms with Gasteiger partial charge in [0.25, 0.3) is 11.5 Å². The first kappa shape index (κ1) is 22.5. The largest absolute Gasteiger partial charge is 0.381 e. The van der Waals surface area contributed by atoms with Gasteiger partial charge in [-0.3, -0.25) is 14.2 Å². The van der Waals surface area contributed by atoms with Crippen molar-refractivity contribution in [2.24, 2.45) is 11.7 Å². The SMILES string of the molecule is N#Cc1ccccc1Cn1c(N2CCC[C@@H](N)C2)nc2c(C(=O)NCC3COC3)csc2c1=O. The van der Waals surface area contributed by atoms with E-state index in [2.05, 4.69) is 11.4 Å². The van der Waals surface area contributed by atoms with Crippen molar-refractivity contribution in [1.29, 1.82) is 5.26 Å². The van der Waals surface area contributed by atoms with Crippen molar-refractivity contribution in [1.82, 2.24) is 14.9 Å². The molecule has 0 bridgehead atoms. The first-order valence-electron chi connectivity index (χ1n) is 11.4. The maximum absolute atomic E-state index is 13.7. The molecule has 0 saturated carbocycles. The van der Waals surface area contributed by atoms with Crippen LogP contribution in [0.4, 0.5) is 5.95 Å². The molecule has 1 atom stereocenters. The number of hydrogen-bond donors (Lipinski definition) is 2. The molecule has 0 spiro atoms. The lowest BCUT2D eigenvalue weighted by Gasteiger charge is -2.33. The molecule has 9 nitrogen and oxygen atoms in total. The molecular formula is C24H26N6O3S. The first-order valence-corrected chi connectivity index (χ1v) is 12.3. The smallest absolute Gasteiger partial charge is 0.273 e. The van der Waals surface area contributed by atoms with Crippen LogP contribution in [0.1, 0.15) is 34.3 Å². The summed E-state index contributed by atoms with van der Waals surface area (Å²) in [6.45, 7) is 3.35. The highest BCUT2D eigenvalue weighted by Gasteiger charge is 2.26. The molecule has 0 aliphatic carbocycles. The number of benzene rings is 1. The molecular weight excluding hydrogens is 452 g/mol. The van der Waals surface area contributed by atoms with Crippen LogP contribution in [0.2, 0.25) is 0 Å². The molecule has 3 aromatic rings. The van der Waals surface area contributed by atoms with E-state index in [1.807, 2.05) is 17.0 Å². The lowest BCUT2D eigenvalue weighted by Crippen LogP contribution is -2.45. The number of thiophene rings is 1. The minimum Gasteiger partial charge on any atom is -0.381 e. The van der Waals surface area contributed by atoms with Gasteiger partial charge >= 0.3 is 0 Å². The third-order valence-corrected chi connectivity index (χ3v) is 7.32. The molecule has 2 aromatic heterocycles. The topological polar surface area (TPSA) is 126 Å². The standard InChI is InChI=1S/C24H26N6O3S/c25-8-16-4-1-2-5-17(16)10-30-23(32)21-20(28-24(30)29-7-3-6-18(26)11-29)19(14-34-21)22(31)27-9-15-12-33-13-15/h1-2,4-5,14-15,18H,3,6-7,9-13,26H2,(H,27,31)/t18-/m1/s1. The van der Waals surface area contributed by atoms with Crippen molar-refractivity contribution in [3.63, 3.8) is 0 Å². The highest BCUT2D eigenvalue weighted by atomic mass is 32.1. The van der Waals surface area contributed by atoms with Crippen molar-refractivity contribution < 1.29 is 9.53 Å². The Morgan fingerprint density at radius 1 is 1.35 bits per heavy atom. The van der Waals surface area contributed by atoms with E-state index in [0.29, 0.717) is 59.5 Å². The van der Waals surface area contributed by atoms with Crippen LogP contribution in [-0.2, 0) is 11.3 Å². The van der Waals surface area contributed by atoms with E-state index in [-0.39, 0.29) is 24.1 Å². The summed E-state index contributed by atoms with van der Waals surface area (Å²) in [6.07, 6.45) is 1.81. The van der Waals surface area contributed by atoms with Crippen molar-refractivity contribution in [2.45, 2.75) is 25.4 Å². The minimum atomic E-state index is -0.237. The fourth-order valence-electron chi connectivity index (χ4n) is 4.40. The molecule has 2 saturated heterocycles. The van der Waals surface area contributed by atoms with E-state index in [1.54, 1.807) is 22.1 Å². The Balaban J connectivity index is 1.58. The Morgan fingerprint density at radius 3 is 2.91 bits per heavy atom. The Bertz CT molecular complexity index is 1320. The third-order valence-electron chi connectivity index (χ3n) is 6.37. The van der Waals surface area contributed by atoms with Gasteiger partial charge in [0.1, 0.15) is 10.2 Å². The summed E-state index contributed by atoms with van der Waals surface area (Å²) in [6, 6.07) is 9.42. The number of hydrogen-bond acceptors (Lipinski definition) is 8. The maximum atomic E-state index is 13.7. The first-order chi connectivity index (χ1) is 16.5. The number of aromatic nitrogens is 2. The van der Waals surface area contributed by atoms with Crippen molar-refractivity contribution in [3.05, 3.63) is 56.7 Å². The number of fused-ring (bicyclic) bond motifs is 1. The number of nitrogens with one attached hydrogen (secondary N) is 1. The molecule has 4 heterocycles. The van der Waals surface area contributed by atoms with Gasteiger partial charge in [-0.05, 0) is 24.5 Å². The van der Waals surface area contributed by atoms with Gasteiger partial charge in [0.2, 0.25) is 5.95 Å². The second-order valence-electron chi connectivity index (χ2n) is 8.86. The second-order valence-corrected chi connectivity index (χ2v) is 9.74. The summed E-state index contributed by atoms with van der Waals surface area (Å²) in [7, 11) is 0. The number of nitrogens with zero attached hydrogens (tertiary/aromatic N) is 4. The van der Waals surface area contributed by atoms with Crippen molar-refractivity contribution in [2.75, 3.05) is 37.7 Å². The summed E-state index contributed by atoms with van der Waals surface area (Å²) in [5.41, 5.74) is 8.09. The van der Waals surface area contributed by atoms with Crippen LogP contribution < -0.4 is 21.5 Å². The molecule has 10 heteroatoms. The van der Waals surface area contributed by atoms with Crippen molar-refractivity contribution >= 4 is 33.4 Å². The second kappa shape index (κ2) is 9.54. The van der Waals surface area contributed by atoms with Gasteiger partial charge in [0.05, 0.1) is 37.0 Å². The van der Waals surface area contributed by atoms with Crippen LogP contribution in [0, 0.1) is 17.2 Å². The van der Waals surface area contributed by atoms with Crippen LogP contribution in [0.3, 0.4) is 0 Å². The van der Waals surface area contributed by atoms with E-state index >= 15 is 0 Å². The summed E-state index contributed by atoms with van der Waals surface area (Å²) in [5.74, 6) is 0.573. The molecule has 0 unspecified atom stereocenters. The Hall–Kier alpha value is -3.26. The Labute approximate surface area is 200 Å². The number of anilines is 1. The zero-order valence-corrected chi connectivity index (χ0v) is 19.5. The molecule has 2 aliphatic heterocycles. The van der Waals surface area contributed by atoms with E-state index in [9.17, 15) is 14.9 Å². The molecule has 3 N–H and O–H groups in total. The minimum absolute atomic E-state index is 0.0175. The summed E-state index contributed by atoms with van der Waals surface area (Å²) < 4.78 is 7.21. The fourth-order valence-corrected chi connectivity index (χ4v) is 5.33. The molecule has 176 valence electrons. The van der Waals surface area contributed by atoms with E-state index in [1.165, 1.54) is 11.3 Å². The summed E-state index contributed by atoms with van der Waals surface area (Å²) in [5, 5.41) is 14.2. The van der Waals surface area contributed by atoms with Gasteiger partial charge in [-0.25, -0.2) is 4.98 Å². The average molecular weight is 479 g/mol. The number of piperidine rings is 1. The molecule has 2 aliphatic rings. The van der Waals surface area contributed by atoms with Crippen molar-refractivity contribution in [3.8, 4) is 6.07 Å². The van der Waals surface area contributed by atoms with Gasteiger partial charge in [0, 0.05) is 37.0 Å². The normalized spacial score (nSPS) is 18.5. The molecule has 34 heavy (non-hydrogen) atoms. The predicted octanol–water partition coefficient (Wildman–Crippen LogP) is 1.68. The summed E-state index contributed by atoms with van der Waals surface area (Å²) in [4.78, 5) is 33.5. The monoisotopic (exact) mass is 478 g/mol. The highest BCUT2D eigenvalue weighted by Crippen LogP contribution is 2.27. The number of nitriles is 1. The van der Waals surface area contributed by atoms with Gasteiger partial charge < -0.3 is 20.7 Å². The van der Waals surface area contributed by atoms with E-state index in [4.69, 9.17) is 15.5 Å². The summed E-state index contributed by atoms with van der Waals surface area (Å²) >= 11 is 1.22. The van der Waals surface area contributed by atoms with Gasteiger partial charge in [-0.2, -0.15) is 5.26 Å². The van der Waals surface area contributed by atoms with Gasteiger partial charge in [-0.1, -0.05) is 18.2 Å². The quantitative estimate of drug-likeness (QED) is 0.552. The molecule has 2 fully saturated rings. The lowest BCUT2D eigenvalue weighted by atomic mass is 10.1. The lowest BCUT2D eigenvalue weighted by molar-refractivity contribution is -0.0298. The van der Waals surface area contributed by atoms with Crippen LogP contribution in [0.15, 0.2) is 34.4 Å². The fraction of sp³-hybridized carbons (Fsp3) is 0.417. The number of rotatable bonds is 6. The predicted molar refractivity (Wildman–Crippen MR) is 130 cm³/mol. The average Bonchev–Trinajstić information content (AvgIpc) is 3.24. The van der Waals surface area contributed by atoms with Crippen LogP contribution in [0.25, 0.3) is 10.2 Å². The number of carbonyl (C=O) groups is 1.